The van der Waals surface area contributed by atoms with Gasteiger partial charge in [0, 0.05) is 53.2 Å². The van der Waals surface area contributed by atoms with Gasteiger partial charge in [0.15, 0.2) is 0 Å². The summed E-state index contributed by atoms with van der Waals surface area (Å²) < 4.78 is 11.9. The summed E-state index contributed by atoms with van der Waals surface area (Å²) in [5.74, 6) is 1.07. The molecule has 0 aliphatic carbocycles. The second-order valence-electron chi connectivity index (χ2n) is 8.77. The summed E-state index contributed by atoms with van der Waals surface area (Å²) in [7, 11) is 1.59. The van der Waals surface area contributed by atoms with Gasteiger partial charge < -0.3 is 24.3 Å². The van der Waals surface area contributed by atoms with E-state index in [9.17, 15) is 9.59 Å². The normalized spacial score (nSPS) is 13.3. The highest BCUT2D eigenvalue weighted by Crippen LogP contribution is 2.25. The predicted octanol–water partition coefficient (Wildman–Crippen LogP) is 5.20. The number of hydrogen-bond donors (Lipinski definition) is 1. The van der Waals surface area contributed by atoms with Crippen molar-refractivity contribution in [2.75, 3.05) is 49.3 Å². The van der Waals surface area contributed by atoms with E-state index < -0.39 is 0 Å². The summed E-state index contributed by atoms with van der Waals surface area (Å²) in [6, 6.07) is 22.5. The van der Waals surface area contributed by atoms with Crippen LogP contribution in [0.3, 0.4) is 0 Å². The lowest BCUT2D eigenvalue weighted by molar-refractivity contribution is -0.113. The van der Waals surface area contributed by atoms with Crippen molar-refractivity contribution in [1.29, 1.82) is 0 Å². The van der Waals surface area contributed by atoms with Crippen LogP contribution in [0.2, 0.25) is 0 Å². The van der Waals surface area contributed by atoms with E-state index in [1.54, 1.807) is 13.2 Å². The zero-order valence-corrected chi connectivity index (χ0v) is 23.6. The Labute approximate surface area is 238 Å². The number of piperazine rings is 1. The van der Waals surface area contributed by atoms with Crippen LogP contribution in [0.4, 0.5) is 11.4 Å². The average molecular weight is 609 g/mol. The second-order valence-corrected chi connectivity index (χ2v) is 10.6. The molecule has 1 aliphatic heterocycles. The van der Waals surface area contributed by atoms with Gasteiger partial charge in [0.05, 0.1) is 12.9 Å². The molecule has 0 atom stereocenters. The highest BCUT2D eigenvalue weighted by Gasteiger charge is 2.22. The first-order valence-electron chi connectivity index (χ1n) is 12.3. The van der Waals surface area contributed by atoms with Crippen LogP contribution < -0.4 is 15.0 Å². The Hall–Kier alpha value is -3.83. The third-order valence-corrected chi connectivity index (χ3v) is 7.57. The van der Waals surface area contributed by atoms with E-state index in [0.29, 0.717) is 41.2 Å². The number of ether oxygens (including phenoxy) is 1. The second kappa shape index (κ2) is 12.4. The van der Waals surface area contributed by atoms with E-state index in [0.717, 1.165) is 28.8 Å². The number of carbonyl (C=O) groups excluding carboxylic acids is 2. The molecule has 39 heavy (non-hydrogen) atoms. The molecule has 1 fully saturated rings. The van der Waals surface area contributed by atoms with Gasteiger partial charge in [-0.1, -0.05) is 33.8 Å². The van der Waals surface area contributed by atoms with Gasteiger partial charge in [0.25, 0.3) is 11.1 Å². The van der Waals surface area contributed by atoms with Crippen molar-refractivity contribution in [1.82, 2.24) is 15.1 Å². The molecular weight excluding hydrogens is 582 g/mol. The summed E-state index contributed by atoms with van der Waals surface area (Å²) in [6.07, 6.45) is 0. The number of thioether (sulfide) groups is 1. The highest BCUT2D eigenvalue weighted by atomic mass is 79.9. The summed E-state index contributed by atoms with van der Waals surface area (Å²) in [4.78, 5) is 29.4. The van der Waals surface area contributed by atoms with Gasteiger partial charge in [-0.15, -0.1) is 10.2 Å². The topological polar surface area (TPSA) is 101 Å². The van der Waals surface area contributed by atoms with Crippen molar-refractivity contribution in [3.05, 3.63) is 82.8 Å². The quantitative estimate of drug-likeness (QED) is 0.273. The zero-order valence-electron chi connectivity index (χ0n) is 21.2. The van der Waals surface area contributed by atoms with Crippen molar-refractivity contribution >= 4 is 50.9 Å². The maximum absolute atomic E-state index is 12.9. The van der Waals surface area contributed by atoms with E-state index in [4.69, 9.17) is 9.15 Å². The SMILES string of the molecule is COc1cccc(C(=O)N2CCN(c3ccc(NC(=O)CSc4nnc(-c5ccc(Br)cc5)o4)cc3)CC2)c1. The van der Waals surface area contributed by atoms with Gasteiger partial charge in [0.1, 0.15) is 5.75 Å². The highest BCUT2D eigenvalue weighted by molar-refractivity contribution is 9.10. The smallest absolute Gasteiger partial charge is 0.277 e. The number of nitrogens with one attached hydrogen (secondary N) is 1. The number of rotatable bonds is 8. The molecule has 200 valence electrons. The lowest BCUT2D eigenvalue weighted by Crippen LogP contribution is -2.48. The number of amides is 2. The summed E-state index contributed by atoms with van der Waals surface area (Å²) in [5.41, 5.74) is 3.19. The summed E-state index contributed by atoms with van der Waals surface area (Å²) in [5, 5.41) is 11.3. The molecule has 0 spiro atoms. The van der Waals surface area contributed by atoms with Crippen LogP contribution in [-0.4, -0.2) is 66.0 Å². The minimum Gasteiger partial charge on any atom is -0.497 e. The van der Waals surface area contributed by atoms with Gasteiger partial charge in [-0.2, -0.15) is 0 Å². The Kier molecular flexibility index (Phi) is 8.48. The molecule has 1 aromatic heterocycles. The fourth-order valence-electron chi connectivity index (χ4n) is 4.16. The number of nitrogens with zero attached hydrogens (tertiary/aromatic N) is 4. The zero-order chi connectivity index (χ0) is 27.2. The van der Waals surface area contributed by atoms with E-state index in [1.807, 2.05) is 71.6 Å². The van der Waals surface area contributed by atoms with Gasteiger partial charge in [-0.05, 0) is 66.7 Å². The van der Waals surface area contributed by atoms with Crippen LogP contribution in [0, 0.1) is 0 Å². The number of benzene rings is 3. The Morgan fingerprint density at radius 3 is 2.46 bits per heavy atom. The molecule has 11 heteroatoms. The molecule has 1 N–H and O–H groups in total. The van der Waals surface area contributed by atoms with Gasteiger partial charge in [-0.25, -0.2) is 0 Å². The number of carbonyl (C=O) groups is 2. The predicted molar refractivity (Wildman–Crippen MR) is 154 cm³/mol. The van der Waals surface area contributed by atoms with Crippen LogP contribution >= 0.6 is 27.7 Å². The maximum atomic E-state index is 12.9. The van der Waals surface area contributed by atoms with Crippen LogP contribution in [0.15, 0.2) is 86.9 Å². The number of hydrogen-bond acceptors (Lipinski definition) is 8. The largest absolute Gasteiger partial charge is 0.497 e. The van der Waals surface area contributed by atoms with Crippen LogP contribution in [0.25, 0.3) is 11.5 Å². The number of anilines is 2. The van der Waals surface area contributed by atoms with Crippen molar-refractivity contribution in [3.63, 3.8) is 0 Å². The van der Waals surface area contributed by atoms with Gasteiger partial charge in [-0.3, -0.25) is 9.59 Å². The molecule has 0 bridgehead atoms. The molecule has 5 rings (SSSR count). The van der Waals surface area contributed by atoms with Crippen LogP contribution in [0.1, 0.15) is 10.4 Å². The Morgan fingerprint density at radius 1 is 1.00 bits per heavy atom. The van der Waals surface area contributed by atoms with Gasteiger partial charge in [0.2, 0.25) is 11.8 Å². The van der Waals surface area contributed by atoms with E-state index in [-0.39, 0.29) is 17.6 Å². The Bertz CT molecular complexity index is 1440. The third-order valence-electron chi connectivity index (χ3n) is 6.22. The van der Waals surface area contributed by atoms with E-state index >= 15 is 0 Å². The molecule has 4 aromatic rings. The number of halogens is 1. The fraction of sp³-hybridized carbons (Fsp3) is 0.214. The van der Waals surface area contributed by atoms with Crippen molar-refractivity contribution in [3.8, 4) is 17.2 Å². The number of methoxy groups -OCH3 is 1. The molecule has 0 unspecified atom stereocenters. The average Bonchev–Trinajstić information content (AvgIpc) is 3.46. The molecule has 3 aromatic carbocycles. The molecular formula is C28H26BrN5O4S. The van der Waals surface area contributed by atoms with Gasteiger partial charge >= 0.3 is 0 Å². The van der Waals surface area contributed by atoms with Crippen molar-refractivity contribution in [2.45, 2.75) is 5.22 Å². The lowest BCUT2D eigenvalue weighted by atomic mass is 10.1. The summed E-state index contributed by atoms with van der Waals surface area (Å²) in [6.45, 7) is 2.71. The molecule has 1 aliphatic rings. The molecule has 0 saturated carbocycles. The van der Waals surface area contributed by atoms with Crippen molar-refractivity contribution < 1.29 is 18.7 Å². The number of aromatic nitrogens is 2. The Balaban J connectivity index is 1.08. The van der Waals surface area contributed by atoms with E-state index in [2.05, 4.69) is 36.3 Å². The maximum Gasteiger partial charge on any atom is 0.277 e. The fourth-order valence-corrected chi connectivity index (χ4v) is 4.99. The standard InChI is InChI=1S/C28H26BrN5O4S/c1-37-24-4-2-3-20(17-24)27(36)34-15-13-33(14-16-34)23-11-9-22(10-12-23)30-25(35)18-39-28-32-31-26(38-28)19-5-7-21(29)8-6-19/h2-12,17H,13-16,18H2,1H3,(H,30,35). The first-order chi connectivity index (χ1) is 19.0. The molecule has 2 amide bonds. The first-order valence-corrected chi connectivity index (χ1v) is 14.1. The van der Waals surface area contributed by atoms with Crippen LogP contribution in [-0.2, 0) is 4.79 Å². The third kappa shape index (κ3) is 6.79. The van der Waals surface area contributed by atoms with Crippen LogP contribution in [0.5, 0.6) is 5.75 Å². The molecule has 9 nitrogen and oxygen atoms in total. The molecule has 1 saturated heterocycles. The Morgan fingerprint density at radius 2 is 1.74 bits per heavy atom. The van der Waals surface area contributed by atoms with E-state index in [1.165, 1.54) is 11.8 Å². The minimum atomic E-state index is -0.166. The summed E-state index contributed by atoms with van der Waals surface area (Å²) >= 11 is 4.59. The molecule has 2 heterocycles. The van der Waals surface area contributed by atoms with Crippen molar-refractivity contribution in [2.24, 2.45) is 0 Å². The minimum absolute atomic E-state index is 0.00884. The lowest BCUT2D eigenvalue weighted by Gasteiger charge is -2.36. The monoisotopic (exact) mass is 607 g/mol. The molecule has 0 radical (unpaired) electrons. The first kappa shape index (κ1) is 26.8.